The van der Waals surface area contributed by atoms with E-state index in [2.05, 4.69) is 258 Å². The first-order valence-corrected chi connectivity index (χ1v) is 23.6. The quantitative estimate of drug-likeness (QED) is 0.0956. The molecule has 7 aromatic carbocycles. The summed E-state index contributed by atoms with van der Waals surface area (Å²) < 4.78 is 13.2. The van der Waals surface area contributed by atoms with E-state index < -0.39 is 5.41 Å². The number of hydrogen-bond acceptors (Lipinski definition) is 2. The maximum atomic E-state index is 6.73. The van der Waals surface area contributed by atoms with Gasteiger partial charge in [-0.1, -0.05) is 183 Å². The molecule has 5 nitrogen and oxygen atoms in total. The molecule has 3 aromatic heterocycles. The van der Waals surface area contributed by atoms with E-state index in [9.17, 15) is 0 Å². The first-order valence-electron chi connectivity index (χ1n) is 23.6. The zero-order valence-electron chi connectivity index (χ0n) is 40.9. The largest absolute Gasteiger partial charge is 0.510 e. The molecular weight excluding hydrogens is 1020 g/mol. The molecule has 348 valence electrons. The average Bonchev–Trinajstić information content (AvgIpc) is 3.96. The van der Waals surface area contributed by atoms with Crippen LogP contribution in [0.2, 0.25) is 0 Å². The number of para-hydroxylation sites is 1. The molecule has 3 heterocycles. The summed E-state index contributed by atoms with van der Waals surface area (Å²) in [6.07, 6.45) is 7.97. The van der Waals surface area contributed by atoms with Crippen LogP contribution in [0.4, 0.5) is 0 Å². The number of imidazole rings is 1. The van der Waals surface area contributed by atoms with Gasteiger partial charge < -0.3 is 13.9 Å². The zero-order chi connectivity index (χ0) is 47.4. The van der Waals surface area contributed by atoms with Crippen LogP contribution in [0.3, 0.4) is 0 Å². The Hall–Kier alpha value is -6.81. The van der Waals surface area contributed by atoms with E-state index in [1.54, 1.807) is 0 Å². The van der Waals surface area contributed by atoms with E-state index in [0.717, 1.165) is 44.7 Å². The molecule has 69 heavy (non-hydrogen) atoms. The minimum Gasteiger partial charge on any atom is -0.510 e. The molecular formula is C63H58N4OPt-2. The predicted molar refractivity (Wildman–Crippen MR) is 277 cm³/mol. The summed E-state index contributed by atoms with van der Waals surface area (Å²) in [6.45, 7) is 20.5. The van der Waals surface area contributed by atoms with E-state index in [1.807, 2.05) is 24.4 Å². The Morgan fingerprint density at radius 3 is 1.67 bits per heavy atom. The standard InChI is InChI=1S/C63H58N4O.Pt/c1-60(2,3)47-34-35-64-59(39-47)67-56-31-20-19-30-54(56)55-33-32-53(41-57(55)67)68-52-29-21-28-50(40-52)66-43-65(42-58(66)63(8,9)46-26-17-12-18-27-46)51-37-48(61(4,5)44-22-13-10-14-23-44)36-49(38-51)62(6,7)45-24-15-11-16-25-45;/h10-39,42H,1-9H3;/q-2;. The molecule has 0 aliphatic rings. The number of aromatic nitrogens is 4. The maximum absolute atomic E-state index is 6.73. The monoisotopic (exact) mass is 1080 g/mol. The number of benzene rings is 7. The Morgan fingerprint density at radius 2 is 1.06 bits per heavy atom. The van der Waals surface area contributed by atoms with Crippen LogP contribution in [-0.2, 0) is 42.7 Å². The molecule has 0 unspecified atom stereocenters. The van der Waals surface area contributed by atoms with Crippen LogP contribution in [0.1, 0.15) is 101 Å². The van der Waals surface area contributed by atoms with Crippen molar-refractivity contribution in [1.29, 1.82) is 0 Å². The van der Waals surface area contributed by atoms with Crippen molar-refractivity contribution in [3.8, 4) is 28.7 Å². The van der Waals surface area contributed by atoms with E-state index >= 15 is 0 Å². The van der Waals surface area contributed by atoms with Gasteiger partial charge in [0.05, 0.1) is 11.4 Å². The Balaban J connectivity index is 0.00000593. The summed E-state index contributed by atoms with van der Waals surface area (Å²) in [6, 6.07) is 69.6. The van der Waals surface area contributed by atoms with Crippen molar-refractivity contribution in [2.24, 2.45) is 0 Å². The Labute approximate surface area is 422 Å². The number of nitrogens with zero attached hydrogens (tertiary/aromatic N) is 4. The molecule has 0 saturated heterocycles. The minimum absolute atomic E-state index is 0. The molecule has 0 bridgehead atoms. The number of hydrogen-bond donors (Lipinski definition) is 0. The molecule has 0 atom stereocenters. The Morgan fingerprint density at radius 1 is 0.493 bits per heavy atom. The van der Waals surface area contributed by atoms with Gasteiger partial charge in [0, 0.05) is 66.7 Å². The second kappa shape index (κ2) is 18.3. The van der Waals surface area contributed by atoms with Gasteiger partial charge in [0.15, 0.2) is 0 Å². The van der Waals surface area contributed by atoms with Crippen molar-refractivity contribution in [3.05, 3.63) is 246 Å². The molecule has 10 aromatic rings. The van der Waals surface area contributed by atoms with Gasteiger partial charge in [-0.2, -0.15) is 18.2 Å². The maximum Gasteiger partial charge on any atom is 0.267 e. The second-order valence-electron chi connectivity index (χ2n) is 20.7. The average molecular weight is 1080 g/mol. The summed E-state index contributed by atoms with van der Waals surface area (Å²) in [5, 5.41) is 2.22. The van der Waals surface area contributed by atoms with E-state index in [1.165, 1.54) is 33.4 Å². The summed E-state index contributed by atoms with van der Waals surface area (Å²) in [7, 11) is 0. The van der Waals surface area contributed by atoms with Gasteiger partial charge in [0.2, 0.25) is 0 Å². The van der Waals surface area contributed by atoms with Crippen LogP contribution < -0.4 is 9.30 Å². The van der Waals surface area contributed by atoms with E-state index in [-0.39, 0.29) is 37.3 Å². The number of fused-ring (bicyclic) bond motifs is 3. The molecule has 0 fully saturated rings. The Bertz CT molecular complexity index is 3360. The molecule has 10 rings (SSSR count). The fourth-order valence-electron chi connectivity index (χ4n) is 9.57. The van der Waals surface area contributed by atoms with Crippen LogP contribution in [0.5, 0.6) is 11.5 Å². The second-order valence-corrected chi connectivity index (χ2v) is 20.7. The van der Waals surface area contributed by atoms with Gasteiger partial charge in [0.25, 0.3) is 6.33 Å². The molecule has 6 heteroatoms. The first kappa shape index (κ1) is 47.3. The van der Waals surface area contributed by atoms with Crippen LogP contribution in [0, 0.1) is 18.5 Å². The predicted octanol–water partition coefficient (Wildman–Crippen LogP) is 14.7. The smallest absolute Gasteiger partial charge is 0.267 e. The first-order chi connectivity index (χ1) is 32.6. The minimum atomic E-state index is -0.425. The Kier molecular flexibility index (Phi) is 12.5. The van der Waals surface area contributed by atoms with Gasteiger partial charge in [-0.25, -0.2) is 4.98 Å². The van der Waals surface area contributed by atoms with Crippen molar-refractivity contribution in [2.45, 2.75) is 84.0 Å². The van der Waals surface area contributed by atoms with Gasteiger partial charge in [0.1, 0.15) is 5.82 Å². The molecule has 0 amide bonds. The fraction of sp³-hybridized carbons (Fsp3) is 0.206. The zero-order valence-corrected chi connectivity index (χ0v) is 43.2. The van der Waals surface area contributed by atoms with Crippen LogP contribution in [0.25, 0.3) is 39.0 Å². The summed E-state index contributed by atoms with van der Waals surface area (Å²) in [5.41, 5.74) is 11.2. The van der Waals surface area contributed by atoms with Crippen molar-refractivity contribution < 1.29 is 30.4 Å². The number of rotatable bonds is 11. The van der Waals surface area contributed by atoms with Crippen LogP contribution in [0.15, 0.2) is 188 Å². The SMILES string of the molecule is CC(C)(C)c1ccnc(-n2c3[c-]c(Oc4[c-]c(-n5[c-][n+](-c6cc(C(C)(C)c7ccccc7)cc(C(C)(C)c7ccccc7)c6)cc5C(C)(C)c5ccccc5)ccc4)ccc3c3ccccc32)c1.[Pt]. The van der Waals surface area contributed by atoms with E-state index in [0.29, 0.717) is 11.5 Å². The van der Waals surface area contributed by atoms with Crippen molar-refractivity contribution in [2.75, 3.05) is 0 Å². The van der Waals surface area contributed by atoms with Crippen LogP contribution in [-0.4, -0.2) is 14.1 Å². The van der Waals surface area contributed by atoms with Gasteiger partial charge >= 0.3 is 0 Å². The van der Waals surface area contributed by atoms with Crippen molar-refractivity contribution in [1.82, 2.24) is 14.1 Å². The normalized spacial score (nSPS) is 12.3. The summed E-state index contributed by atoms with van der Waals surface area (Å²) in [4.78, 5) is 4.88. The third kappa shape index (κ3) is 8.90. The number of pyridine rings is 1. The summed E-state index contributed by atoms with van der Waals surface area (Å²) >= 11 is 0. The molecule has 0 saturated carbocycles. The van der Waals surface area contributed by atoms with Crippen molar-refractivity contribution in [3.63, 3.8) is 0 Å². The van der Waals surface area contributed by atoms with Crippen molar-refractivity contribution >= 4 is 21.8 Å². The molecule has 0 aliphatic carbocycles. The van der Waals surface area contributed by atoms with Crippen LogP contribution >= 0.6 is 0 Å². The van der Waals surface area contributed by atoms with E-state index in [4.69, 9.17) is 9.72 Å². The third-order valence-electron chi connectivity index (χ3n) is 14.1. The summed E-state index contributed by atoms with van der Waals surface area (Å²) in [5.74, 6) is 2.01. The topological polar surface area (TPSA) is 35.9 Å². The molecule has 0 aliphatic heterocycles. The molecule has 0 spiro atoms. The van der Waals surface area contributed by atoms with Gasteiger partial charge in [-0.15, -0.1) is 29.7 Å². The van der Waals surface area contributed by atoms with Gasteiger partial charge in [-0.3, -0.25) is 4.57 Å². The molecule has 0 N–H and O–H groups in total. The fourth-order valence-corrected chi connectivity index (χ4v) is 9.57. The van der Waals surface area contributed by atoms with Gasteiger partial charge in [-0.05, 0) is 80.2 Å². The third-order valence-corrected chi connectivity index (χ3v) is 14.1. The number of ether oxygens (including phenoxy) is 1. The molecule has 0 radical (unpaired) electrons.